The molecule has 1 heterocycles. The molecule has 1 N–H and O–H groups in total. The molecule has 2 rings (SSSR count). The van der Waals surface area contributed by atoms with Crippen LogP contribution in [0.15, 0.2) is 24.3 Å². The van der Waals surface area contributed by atoms with Gasteiger partial charge in [0.25, 0.3) is 5.91 Å². The molecule has 1 saturated heterocycles. The molecular weight excluding hydrogens is 265 g/mol. The number of aliphatic carboxylic acids is 1. The summed E-state index contributed by atoms with van der Waals surface area (Å²) in [4.78, 5) is 24.5. The van der Waals surface area contributed by atoms with Crippen molar-refractivity contribution in [1.29, 1.82) is 0 Å². The smallest absolute Gasteiger partial charge is 0.326 e. The Kier molecular flexibility index (Phi) is 4.22. The molecule has 5 nitrogen and oxygen atoms in total. The first-order valence-corrected chi connectivity index (χ1v) is 6.39. The number of halogens is 1. The van der Waals surface area contributed by atoms with E-state index in [1.165, 1.54) is 29.2 Å². The molecule has 0 aliphatic carbocycles. The highest BCUT2D eigenvalue weighted by molar-refractivity contribution is 5.85. The van der Waals surface area contributed by atoms with Crippen molar-refractivity contribution in [3.8, 4) is 5.75 Å². The van der Waals surface area contributed by atoms with Gasteiger partial charge in [-0.05, 0) is 36.6 Å². The maximum Gasteiger partial charge on any atom is 0.326 e. The summed E-state index contributed by atoms with van der Waals surface area (Å²) in [6.07, 6.45) is 0.666. The molecule has 1 aliphatic heterocycles. The summed E-state index contributed by atoms with van der Waals surface area (Å²) >= 11 is 0. The largest absolute Gasteiger partial charge is 0.484 e. The lowest BCUT2D eigenvalue weighted by Gasteiger charge is -2.23. The highest BCUT2D eigenvalue weighted by atomic mass is 19.1. The lowest BCUT2D eigenvalue weighted by atomic mass is 10.0. The van der Waals surface area contributed by atoms with Gasteiger partial charge in [0, 0.05) is 6.54 Å². The molecule has 0 radical (unpaired) electrons. The summed E-state index contributed by atoms with van der Waals surface area (Å²) < 4.78 is 18.0. The predicted octanol–water partition coefficient (Wildman–Crippen LogP) is 1.53. The molecule has 1 aromatic rings. The minimum absolute atomic E-state index is 0.0673. The number of carboxylic acid groups (broad SMARTS) is 1. The summed E-state index contributed by atoms with van der Waals surface area (Å²) in [6, 6.07) is 4.52. The van der Waals surface area contributed by atoms with Gasteiger partial charge in [0.15, 0.2) is 6.61 Å². The molecule has 1 aliphatic rings. The standard InChI is InChI=1S/C14H16FNO4/c1-9-6-7-16(13(9)14(18)19)12(17)8-20-11-4-2-10(15)3-5-11/h2-5,9,13H,6-8H2,1H3,(H,18,19). The first-order chi connectivity index (χ1) is 9.49. The van der Waals surface area contributed by atoms with E-state index in [2.05, 4.69) is 0 Å². The third kappa shape index (κ3) is 3.07. The number of hydrogen-bond donors (Lipinski definition) is 1. The molecule has 1 aromatic carbocycles. The monoisotopic (exact) mass is 281 g/mol. The van der Waals surface area contributed by atoms with Crippen molar-refractivity contribution < 1.29 is 23.8 Å². The van der Waals surface area contributed by atoms with Gasteiger partial charge in [-0.2, -0.15) is 0 Å². The van der Waals surface area contributed by atoms with Crippen LogP contribution in [-0.4, -0.2) is 41.1 Å². The molecule has 0 bridgehead atoms. The fourth-order valence-corrected chi connectivity index (χ4v) is 2.36. The highest BCUT2D eigenvalue weighted by Crippen LogP contribution is 2.24. The van der Waals surface area contributed by atoms with Crippen molar-refractivity contribution in [2.45, 2.75) is 19.4 Å². The van der Waals surface area contributed by atoms with Gasteiger partial charge < -0.3 is 14.7 Å². The number of carboxylic acids is 1. The third-order valence-electron chi connectivity index (χ3n) is 3.45. The van der Waals surface area contributed by atoms with Crippen molar-refractivity contribution in [2.75, 3.05) is 13.2 Å². The normalized spacial score (nSPS) is 21.8. The van der Waals surface area contributed by atoms with E-state index in [0.29, 0.717) is 18.7 Å². The lowest BCUT2D eigenvalue weighted by Crippen LogP contribution is -2.44. The van der Waals surface area contributed by atoms with E-state index in [4.69, 9.17) is 9.84 Å². The molecule has 0 aromatic heterocycles. The van der Waals surface area contributed by atoms with Crippen LogP contribution in [0.3, 0.4) is 0 Å². The maximum absolute atomic E-state index is 12.7. The Morgan fingerprint density at radius 2 is 2.05 bits per heavy atom. The molecule has 2 unspecified atom stereocenters. The second kappa shape index (κ2) is 5.90. The number of likely N-dealkylation sites (tertiary alicyclic amines) is 1. The number of carbonyl (C=O) groups excluding carboxylic acids is 1. The Balaban J connectivity index is 1.94. The fourth-order valence-electron chi connectivity index (χ4n) is 2.36. The SMILES string of the molecule is CC1CCN(C(=O)COc2ccc(F)cc2)C1C(=O)O. The molecule has 1 fully saturated rings. The highest BCUT2D eigenvalue weighted by Gasteiger charge is 2.39. The van der Waals surface area contributed by atoms with Gasteiger partial charge in [-0.25, -0.2) is 9.18 Å². The Morgan fingerprint density at radius 1 is 1.40 bits per heavy atom. The third-order valence-corrected chi connectivity index (χ3v) is 3.45. The average Bonchev–Trinajstić information content (AvgIpc) is 2.80. The number of amides is 1. The van der Waals surface area contributed by atoms with Gasteiger partial charge in [0.1, 0.15) is 17.6 Å². The predicted molar refractivity (Wildman–Crippen MR) is 68.8 cm³/mol. The van der Waals surface area contributed by atoms with Crippen molar-refractivity contribution in [3.05, 3.63) is 30.1 Å². The minimum Gasteiger partial charge on any atom is -0.484 e. The average molecular weight is 281 g/mol. The summed E-state index contributed by atoms with van der Waals surface area (Å²) in [6.45, 7) is 1.98. The van der Waals surface area contributed by atoms with E-state index in [9.17, 15) is 14.0 Å². The quantitative estimate of drug-likeness (QED) is 0.908. The Bertz CT molecular complexity index is 502. The summed E-state index contributed by atoms with van der Waals surface area (Å²) in [5, 5.41) is 9.14. The van der Waals surface area contributed by atoms with Crippen LogP contribution >= 0.6 is 0 Å². The van der Waals surface area contributed by atoms with E-state index in [1.54, 1.807) is 0 Å². The lowest BCUT2D eigenvalue weighted by molar-refractivity contribution is -0.150. The first-order valence-electron chi connectivity index (χ1n) is 6.39. The Morgan fingerprint density at radius 3 is 2.65 bits per heavy atom. The molecule has 0 spiro atoms. The van der Waals surface area contributed by atoms with Crippen LogP contribution in [-0.2, 0) is 9.59 Å². The number of rotatable bonds is 4. The number of hydrogen-bond acceptors (Lipinski definition) is 3. The van der Waals surface area contributed by atoms with Crippen LogP contribution in [0, 0.1) is 11.7 Å². The van der Waals surface area contributed by atoms with Crippen LogP contribution in [0.1, 0.15) is 13.3 Å². The molecule has 2 atom stereocenters. The van der Waals surface area contributed by atoms with E-state index in [1.807, 2.05) is 6.92 Å². The van der Waals surface area contributed by atoms with E-state index < -0.39 is 12.0 Å². The van der Waals surface area contributed by atoms with E-state index in [-0.39, 0.29) is 24.2 Å². The molecular formula is C14H16FNO4. The van der Waals surface area contributed by atoms with Gasteiger partial charge in [0.2, 0.25) is 0 Å². The van der Waals surface area contributed by atoms with Crippen LogP contribution in [0.2, 0.25) is 0 Å². The van der Waals surface area contributed by atoms with Crippen LogP contribution < -0.4 is 4.74 Å². The second-order valence-corrected chi connectivity index (χ2v) is 4.88. The van der Waals surface area contributed by atoms with Gasteiger partial charge in [-0.15, -0.1) is 0 Å². The molecule has 1 amide bonds. The van der Waals surface area contributed by atoms with Gasteiger partial charge in [-0.1, -0.05) is 6.92 Å². The maximum atomic E-state index is 12.7. The van der Waals surface area contributed by atoms with Crippen molar-refractivity contribution >= 4 is 11.9 Å². The number of ether oxygens (including phenoxy) is 1. The van der Waals surface area contributed by atoms with Crippen molar-refractivity contribution in [2.24, 2.45) is 5.92 Å². The number of carbonyl (C=O) groups is 2. The topological polar surface area (TPSA) is 66.8 Å². The summed E-state index contributed by atoms with van der Waals surface area (Å²) in [5.74, 6) is -1.44. The summed E-state index contributed by atoms with van der Waals surface area (Å²) in [7, 11) is 0. The zero-order valence-corrected chi connectivity index (χ0v) is 11.1. The van der Waals surface area contributed by atoms with Crippen LogP contribution in [0.25, 0.3) is 0 Å². The van der Waals surface area contributed by atoms with E-state index >= 15 is 0 Å². The fraction of sp³-hybridized carbons (Fsp3) is 0.429. The zero-order valence-electron chi connectivity index (χ0n) is 11.1. The van der Waals surface area contributed by atoms with Crippen LogP contribution in [0.4, 0.5) is 4.39 Å². The zero-order chi connectivity index (χ0) is 14.7. The minimum atomic E-state index is -0.995. The summed E-state index contributed by atoms with van der Waals surface area (Å²) in [5.41, 5.74) is 0. The van der Waals surface area contributed by atoms with Gasteiger partial charge >= 0.3 is 5.97 Å². The van der Waals surface area contributed by atoms with Crippen LogP contribution in [0.5, 0.6) is 5.75 Å². The molecule has 0 saturated carbocycles. The Labute approximate surface area is 116 Å². The first kappa shape index (κ1) is 14.3. The van der Waals surface area contributed by atoms with Crippen molar-refractivity contribution in [1.82, 2.24) is 4.90 Å². The van der Waals surface area contributed by atoms with Gasteiger partial charge in [0.05, 0.1) is 0 Å². The Hall–Kier alpha value is -2.11. The molecule has 20 heavy (non-hydrogen) atoms. The second-order valence-electron chi connectivity index (χ2n) is 4.88. The number of nitrogens with zero attached hydrogens (tertiary/aromatic N) is 1. The van der Waals surface area contributed by atoms with Crippen molar-refractivity contribution in [3.63, 3.8) is 0 Å². The van der Waals surface area contributed by atoms with Gasteiger partial charge in [-0.3, -0.25) is 4.79 Å². The van der Waals surface area contributed by atoms with E-state index in [0.717, 1.165) is 0 Å². The molecule has 6 heteroatoms. The number of benzene rings is 1. The molecule has 108 valence electrons.